The number of para-hydroxylation sites is 1. The topological polar surface area (TPSA) is 59.8 Å². The van der Waals surface area contributed by atoms with Gasteiger partial charge in [-0.3, -0.25) is 4.79 Å². The fourth-order valence-corrected chi connectivity index (χ4v) is 2.90. The highest BCUT2D eigenvalue weighted by Crippen LogP contribution is 2.25. The van der Waals surface area contributed by atoms with E-state index in [1.807, 2.05) is 74.5 Å². The summed E-state index contributed by atoms with van der Waals surface area (Å²) in [7, 11) is 0. The molecule has 4 rings (SSSR count). The first-order valence-corrected chi connectivity index (χ1v) is 9.06. The number of nitrogens with zero attached hydrogens (tertiary/aromatic N) is 3. The number of amides is 1. The van der Waals surface area contributed by atoms with Crippen LogP contribution in [0.4, 0.5) is 5.82 Å². The van der Waals surface area contributed by atoms with E-state index in [2.05, 4.69) is 10.3 Å². The molecule has 0 spiro atoms. The molecule has 0 radical (unpaired) electrons. The average Bonchev–Trinajstić information content (AvgIpc) is 3.17. The van der Waals surface area contributed by atoms with E-state index in [4.69, 9.17) is 5.10 Å². The van der Waals surface area contributed by atoms with E-state index >= 15 is 0 Å². The Morgan fingerprint density at radius 2 is 1.61 bits per heavy atom. The normalized spacial score (nSPS) is 10.6. The van der Waals surface area contributed by atoms with Gasteiger partial charge in [-0.25, -0.2) is 9.67 Å². The van der Waals surface area contributed by atoms with Crippen molar-refractivity contribution >= 4 is 11.7 Å². The van der Waals surface area contributed by atoms with Gasteiger partial charge < -0.3 is 5.32 Å². The van der Waals surface area contributed by atoms with Crippen molar-refractivity contribution in [2.45, 2.75) is 13.8 Å². The summed E-state index contributed by atoms with van der Waals surface area (Å²) in [5.74, 6) is 0.270. The number of nitrogens with one attached hydrogen (secondary N) is 1. The van der Waals surface area contributed by atoms with E-state index in [9.17, 15) is 4.79 Å². The Hall–Kier alpha value is -3.73. The summed E-state index contributed by atoms with van der Waals surface area (Å²) in [4.78, 5) is 17.3. The number of carbonyl (C=O) groups is 1. The summed E-state index contributed by atoms with van der Waals surface area (Å²) in [6.45, 7) is 3.99. The Morgan fingerprint density at radius 3 is 2.29 bits per heavy atom. The Bertz CT molecular complexity index is 1100. The average molecular weight is 368 g/mol. The maximum atomic E-state index is 13.0. The van der Waals surface area contributed by atoms with E-state index in [0.717, 1.165) is 22.4 Å². The molecule has 5 heteroatoms. The molecule has 0 saturated carbocycles. The number of hydrogen-bond donors (Lipinski definition) is 1. The number of pyridine rings is 1. The van der Waals surface area contributed by atoms with Crippen LogP contribution in [0.1, 0.15) is 21.5 Å². The zero-order valence-corrected chi connectivity index (χ0v) is 15.8. The van der Waals surface area contributed by atoms with Crippen LogP contribution in [0, 0.1) is 13.8 Å². The third-order valence-corrected chi connectivity index (χ3v) is 4.46. The van der Waals surface area contributed by atoms with Gasteiger partial charge >= 0.3 is 0 Å². The summed E-state index contributed by atoms with van der Waals surface area (Å²) in [6, 6.07) is 21.4. The molecule has 5 nitrogen and oxygen atoms in total. The zero-order chi connectivity index (χ0) is 19.5. The first kappa shape index (κ1) is 17.7. The second-order valence-corrected chi connectivity index (χ2v) is 6.71. The van der Waals surface area contributed by atoms with Crippen LogP contribution in [-0.2, 0) is 0 Å². The lowest BCUT2D eigenvalue weighted by Crippen LogP contribution is -2.13. The lowest BCUT2D eigenvalue weighted by Gasteiger charge is -2.05. The van der Waals surface area contributed by atoms with Crippen molar-refractivity contribution in [1.29, 1.82) is 0 Å². The monoisotopic (exact) mass is 368 g/mol. The first-order chi connectivity index (χ1) is 13.6. The van der Waals surface area contributed by atoms with Crippen LogP contribution >= 0.6 is 0 Å². The van der Waals surface area contributed by atoms with Gasteiger partial charge in [0.25, 0.3) is 5.91 Å². The molecule has 138 valence electrons. The zero-order valence-electron chi connectivity index (χ0n) is 15.8. The molecule has 0 aliphatic rings. The highest BCUT2D eigenvalue weighted by atomic mass is 16.1. The number of carbonyl (C=O) groups excluding carboxylic acids is 1. The van der Waals surface area contributed by atoms with Crippen LogP contribution in [0.5, 0.6) is 0 Å². The van der Waals surface area contributed by atoms with Gasteiger partial charge in [-0.15, -0.1) is 0 Å². The molecule has 1 N–H and O–H groups in total. The Labute approximate surface area is 163 Å². The molecule has 0 aliphatic carbocycles. The minimum atomic E-state index is -0.242. The molecule has 0 bridgehead atoms. The Morgan fingerprint density at radius 1 is 0.893 bits per heavy atom. The molecular formula is C23H20N4O. The van der Waals surface area contributed by atoms with E-state index in [1.165, 1.54) is 0 Å². The van der Waals surface area contributed by atoms with Crippen molar-refractivity contribution in [1.82, 2.24) is 14.8 Å². The van der Waals surface area contributed by atoms with Crippen LogP contribution in [0.2, 0.25) is 0 Å². The quantitative estimate of drug-likeness (QED) is 0.563. The van der Waals surface area contributed by atoms with Crippen LogP contribution in [0.15, 0.2) is 79.1 Å². The molecule has 0 atom stereocenters. The summed E-state index contributed by atoms with van der Waals surface area (Å²) in [5, 5.41) is 7.56. The summed E-state index contributed by atoms with van der Waals surface area (Å²) < 4.78 is 1.73. The molecule has 0 aliphatic heterocycles. The Kier molecular flexibility index (Phi) is 4.72. The fraction of sp³-hybridized carbons (Fsp3) is 0.0870. The van der Waals surface area contributed by atoms with Crippen molar-refractivity contribution in [3.05, 3.63) is 95.8 Å². The summed E-state index contributed by atoms with van der Waals surface area (Å²) >= 11 is 0. The van der Waals surface area contributed by atoms with E-state index in [1.54, 1.807) is 23.1 Å². The minimum Gasteiger partial charge on any atom is -0.306 e. The molecule has 0 saturated heterocycles. The van der Waals surface area contributed by atoms with Crippen molar-refractivity contribution in [3.8, 4) is 16.9 Å². The molecule has 2 aromatic carbocycles. The van der Waals surface area contributed by atoms with Gasteiger partial charge in [-0.05, 0) is 37.6 Å². The number of hydrogen-bond acceptors (Lipinski definition) is 3. The fourth-order valence-electron chi connectivity index (χ4n) is 2.90. The molecular weight excluding hydrogens is 348 g/mol. The second-order valence-electron chi connectivity index (χ2n) is 6.71. The van der Waals surface area contributed by atoms with Crippen molar-refractivity contribution < 1.29 is 4.79 Å². The van der Waals surface area contributed by atoms with Crippen LogP contribution in [0.3, 0.4) is 0 Å². The van der Waals surface area contributed by atoms with Gasteiger partial charge in [0.1, 0.15) is 11.5 Å². The molecule has 0 unspecified atom stereocenters. The lowest BCUT2D eigenvalue weighted by atomic mass is 10.1. The molecule has 0 fully saturated rings. The van der Waals surface area contributed by atoms with Gasteiger partial charge in [0.05, 0.1) is 11.3 Å². The largest absolute Gasteiger partial charge is 0.306 e. The first-order valence-electron chi connectivity index (χ1n) is 9.06. The number of aryl methyl sites for hydroxylation is 2. The number of aromatic nitrogens is 3. The minimum absolute atomic E-state index is 0.242. The van der Waals surface area contributed by atoms with Crippen molar-refractivity contribution in [2.24, 2.45) is 0 Å². The van der Waals surface area contributed by atoms with Crippen LogP contribution < -0.4 is 5.32 Å². The van der Waals surface area contributed by atoms with Gasteiger partial charge in [-0.1, -0.05) is 54.1 Å². The maximum Gasteiger partial charge on any atom is 0.260 e. The van der Waals surface area contributed by atoms with E-state index in [0.29, 0.717) is 17.1 Å². The molecule has 28 heavy (non-hydrogen) atoms. The van der Waals surface area contributed by atoms with Gasteiger partial charge in [-0.2, -0.15) is 5.10 Å². The summed E-state index contributed by atoms with van der Waals surface area (Å²) in [6.07, 6.45) is 3.48. The number of rotatable bonds is 4. The smallest absolute Gasteiger partial charge is 0.260 e. The number of anilines is 1. The highest BCUT2D eigenvalue weighted by Gasteiger charge is 2.19. The lowest BCUT2D eigenvalue weighted by molar-refractivity contribution is 0.102. The summed E-state index contributed by atoms with van der Waals surface area (Å²) in [5.41, 5.74) is 5.10. The second kappa shape index (κ2) is 7.48. The van der Waals surface area contributed by atoms with E-state index in [-0.39, 0.29) is 5.91 Å². The third kappa shape index (κ3) is 3.69. The van der Waals surface area contributed by atoms with Crippen LogP contribution in [0.25, 0.3) is 16.9 Å². The predicted molar refractivity (Wildman–Crippen MR) is 111 cm³/mol. The van der Waals surface area contributed by atoms with Crippen molar-refractivity contribution in [2.75, 3.05) is 5.32 Å². The van der Waals surface area contributed by atoms with Crippen molar-refractivity contribution in [3.63, 3.8) is 0 Å². The predicted octanol–water partition coefficient (Wildman–Crippen LogP) is 4.80. The van der Waals surface area contributed by atoms with Gasteiger partial charge in [0.15, 0.2) is 0 Å². The standard InChI is InChI=1S/C23H20N4O/c1-16-8-11-18(12-9-16)22-20(15-27(26-22)19-6-4-3-5-7-19)23(28)25-21-13-10-17(2)14-24-21/h3-15H,1-2H3,(H,24,25,28). The molecule has 4 aromatic rings. The SMILES string of the molecule is Cc1ccc(-c2nn(-c3ccccc3)cc2C(=O)Nc2ccc(C)cn2)cc1. The van der Waals surface area contributed by atoms with Gasteiger partial charge in [0.2, 0.25) is 0 Å². The maximum absolute atomic E-state index is 13.0. The third-order valence-electron chi connectivity index (χ3n) is 4.46. The van der Waals surface area contributed by atoms with Crippen LogP contribution in [-0.4, -0.2) is 20.7 Å². The van der Waals surface area contributed by atoms with E-state index < -0.39 is 0 Å². The molecule has 1 amide bonds. The molecule has 2 heterocycles. The molecule has 2 aromatic heterocycles. The highest BCUT2D eigenvalue weighted by molar-refractivity contribution is 6.07. The Balaban J connectivity index is 1.75. The number of benzene rings is 2. The van der Waals surface area contributed by atoms with Gasteiger partial charge in [0, 0.05) is 18.0 Å².